The maximum atomic E-state index is 14.3. The first-order chi connectivity index (χ1) is 20.9. The molecule has 4 N–H and O–H groups in total. The number of fused-ring (bicyclic) bond motifs is 1. The minimum absolute atomic E-state index is 0.125. The van der Waals surface area contributed by atoms with Crippen LogP contribution in [0.1, 0.15) is 59.8 Å². The topological polar surface area (TPSA) is 149 Å². The number of carboxylic acids is 1. The van der Waals surface area contributed by atoms with Crippen LogP contribution in [0.2, 0.25) is 5.02 Å². The van der Waals surface area contributed by atoms with Crippen LogP contribution in [0, 0.1) is 5.41 Å². The van der Waals surface area contributed by atoms with Crippen LogP contribution in [-0.2, 0) is 20.7 Å². The largest absolute Gasteiger partial charge is 0.493 e. The number of benzene rings is 3. The average Bonchev–Trinajstić information content (AvgIpc) is 3.10. The van der Waals surface area contributed by atoms with E-state index in [-0.39, 0.29) is 43.7 Å². The summed E-state index contributed by atoms with van der Waals surface area (Å²) in [6.45, 7) is 3.58. The Morgan fingerprint density at radius 2 is 1.80 bits per heavy atom. The molecular weight excluding hydrogens is 588 g/mol. The van der Waals surface area contributed by atoms with Crippen molar-refractivity contribution in [2.24, 2.45) is 5.41 Å². The minimum atomic E-state index is -1.27. The molecule has 1 heterocycles. The number of carboxylic acid groups (broad SMARTS) is 1. The van der Waals surface area contributed by atoms with Crippen LogP contribution in [-0.4, -0.2) is 61.3 Å². The smallest absolute Gasteiger partial charge is 0.303 e. The van der Waals surface area contributed by atoms with Crippen molar-refractivity contribution in [3.8, 4) is 11.5 Å². The van der Waals surface area contributed by atoms with Crippen LogP contribution in [0.3, 0.4) is 0 Å². The van der Waals surface area contributed by atoms with E-state index in [4.69, 9.17) is 36.7 Å². The van der Waals surface area contributed by atoms with Gasteiger partial charge in [-0.3, -0.25) is 14.4 Å². The van der Waals surface area contributed by atoms with Gasteiger partial charge in [0.2, 0.25) is 0 Å². The number of hydrogen-bond acceptors (Lipinski definition) is 8. The third-order valence-corrected chi connectivity index (χ3v) is 7.85. The molecule has 0 unspecified atom stereocenters. The molecule has 11 heteroatoms. The highest BCUT2D eigenvalue weighted by Crippen LogP contribution is 2.45. The van der Waals surface area contributed by atoms with E-state index in [9.17, 15) is 19.5 Å². The van der Waals surface area contributed by atoms with E-state index >= 15 is 0 Å². The van der Waals surface area contributed by atoms with Crippen LogP contribution in [0.25, 0.3) is 0 Å². The lowest BCUT2D eigenvalue weighted by Gasteiger charge is -2.32. The molecule has 44 heavy (non-hydrogen) atoms. The van der Waals surface area contributed by atoms with E-state index < -0.39 is 35.3 Å². The number of halogens is 1. The first kappa shape index (κ1) is 32.8. The number of ether oxygens (including phenoxy) is 3. The molecule has 1 aliphatic rings. The average molecular weight is 625 g/mol. The fraction of sp³-hybridized carbons (Fsp3) is 0.364. The zero-order valence-corrected chi connectivity index (χ0v) is 25.9. The number of para-hydroxylation sites is 2. The number of amides is 1. The second kappa shape index (κ2) is 13.7. The summed E-state index contributed by atoms with van der Waals surface area (Å²) in [6, 6.07) is 15.3. The molecule has 1 aliphatic heterocycles. The van der Waals surface area contributed by atoms with Crippen molar-refractivity contribution < 1.29 is 38.8 Å². The van der Waals surface area contributed by atoms with Crippen LogP contribution in [0.15, 0.2) is 54.6 Å². The van der Waals surface area contributed by atoms with Gasteiger partial charge in [0.25, 0.3) is 5.91 Å². The van der Waals surface area contributed by atoms with Gasteiger partial charge in [-0.15, -0.1) is 0 Å². The third-order valence-electron chi connectivity index (χ3n) is 7.61. The Morgan fingerprint density at radius 1 is 1.07 bits per heavy atom. The molecule has 0 aliphatic carbocycles. The Morgan fingerprint density at radius 3 is 2.45 bits per heavy atom. The van der Waals surface area contributed by atoms with Crippen molar-refractivity contribution in [1.82, 2.24) is 0 Å². The molecule has 0 aromatic heterocycles. The van der Waals surface area contributed by atoms with Gasteiger partial charge in [0.1, 0.15) is 12.2 Å². The molecule has 3 aromatic carbocycles. The van der Waals surface area contributed by atoms with Gasteiger partial charge in [-0.25, -0.2) is 0 Å². The molecule has 0 saturated carbocycles. The van der Waals surface area contributed by atoms with Gasteiger partial charge < -0.3 is 35.1 Å². The summed E-state index contributed by atoms with van der Waals surface area (Å²) in [5.41, 5.74) is 8.12. The minimum Gasteiger partial charge on any atom is -0.493 e. The number of nitrogens with two attached hydrogens (primary N) is 1. The van der Waals surface area contributed by atoms with Crippen molar-refractivity contribution in [3.63, 3.8) is 0 Å². The van der Waals surface area contributed by atoms with Crippen molar-refractivity contribution in [2.75, 3.05) is 38.0 Å². The Kier molecular flexibility index (Phi) is 10.2. The maximum Gasteiger partial charge on any atom is 0.303 e. The van der Waals surface area contributed by atoms with Crippen molar-refractivity contribution in [2.45, 2.75) is 45.3 Å². The molecular formula is C33H37ClN2O8. The number of carbonyl (C=O) groups is 3. The number of rotatable bonds is 12. The summed E-state index contributed by atoms with van der Waals surface area (Å²) < 4.78 is 17.8. The standard InChI is InChI=1S/C33H37ClN2O8/c1-33(2,18-37)17-36-24-13-12-20(34)15-23(24)30(22-9-6-10-26(42-3)31(22)43-4)44-27(32(36)41)16-25(38)21-8-5-7-19(29(21)35)11-14-28(39)40/h5-10,12-13,15,27,30,37H,11,14,16-18,35H2,1-4H3,(H,39,40)/t27-,30-/m1/s1. The third kappa shape index (κ3) is 6.99. The number of aliphatic hydroxyl groups is 1. The zero-order valence-electron chi connectivity index (χ0n) is 25.1. The summed E-state index contributed by atoms with van der Waals surface area (Å²) in [4.78, 5) is 40.7. The van der Waals surface area contributed by atoms with Gasteiger partial charge in [-0.2, -0.15) is 0 Å². The number of aliphatic hydroxyl groups excluding tert-OH is 1. The first-order valence-electron chi connectivity index (χ1n) is 14.1. The van der Waals surface area contributed by atoms with Gasteiger partial charge in [-0.05, 0) is 42.3 Å². The molecule has 2 atom stereocenters. The Bertz CT molecular complexity index is 1560. The van der Waals surface area contributed by atoms with Crippen molar-refractivity contribution in [3.05, 3.63) is 81.9 Å². The predicted octanol–water partition coefficient (Wildman–Crippen LogP) is 5.07. The summed E-state index contributed by atoms with van der Waals surface area (Å²) in [7, 11) is 3.01. The lowest BCUT2D eigenvalue weighted by Crippen LogP contribution is -2.45. The van der Waals surface area contributed by atoms with E-state index in [1.165, 1.54) is 19.1 Å². The first-order valence-corrected chi connectivity index (χ1v) is 14.5. The molecule has 10 nitrogen and oxygen atoms in total. The number of aliphatic carboxylic acids is 1. The fourth-order valence-electron chi connectivity index (χ4n) is 5.30. The molecule has 0 fully saturated rings. The van der Waals surface area contributed by atoms with Crippen LogP contribution < -0.4 is 20.1 Å². The number of anilines is 2. The molecule has 3 aromatic rings. The molecule has 0 saturated heterocycles. The fourth-order valence-corrected chi connectivity index (χ4v) is 5.48. The molecule has 234 valence electrons. The van der Waals surface area contributed by atoms with Crippen LogP contribution >= 0.6 is 11.6 Å². The Balaban J connectivity index is 1.84. The molecule has 0 radical (unpaired) electrons. The number of nitrogen functional groups attached to an aromatic ring is 1. The second-order valence-corrected chi connectivity index (χ2v) is 11.9. The van der Waals surface area contributed by atoms with Crippen molar-refractivity contribution >= 4 is 40.6 Å². The zero-order chi connectivity index (χ0) is 32.2. The lowest BCUT2D eigenvalue weighted by molar-refractivity contribution is -0.137. The Hall–Kier alpha value is -4.12. The van der Waals surface area contributed by atoms with E-state index in [1.54, 1.807) is 54.6 Å². The predicted molar refractivity (Wildman–Crippen MR) is 167 cm³/mol. The monoisotopic (exact) mass is 624 g/mol. The van der Waals surface area contributed by atoms with Crippen LogP contribution in [0.5, 0.6) is 11.5 Å². The molecule has 1 amide bonds. The van der Waals surface area contributed by atoms with Gasteiger partial charge in [-0.1, -0.05) is 49.7 Å². The summed E-state index contributed by atoms with van der Waals surface area (Å²) in [6.07, 6.45) is -2.53. The number of hydrogen-bond donors (Lipinski definition) is 3. The van der Waals surface area contributed by atoms with E-state index in [0.717, 1.165) is 0 Å². The number of nitrogens with zero attached hydrogens (tertiary/aromatic N) is 1. The second-order valence-electron chi connectivity index (χ2n) is 11.4. The van der Waals surface area contributed by atoms with E-state index in [1.807, 2.05) is 13.8 Å². The molecule has 0 bridgehead atoms. The highest BCUT2D eigenvalue weighted by atomic mass is 35.5. The normalized spacial score (nSPS) is 16.7. The number of methoxy groups -OCH3 is 2. The number of ketones is 1. The van der Waals surface area contributed by atoms with Gasteiger partial charge in [0.15, 0.2) is 17.3 Å². The maximum absolute atomic E-state index is 14.3. The summed E-state index contributed by atoms with van der Waals surface area (Å²) in [5.74, 6) is -1.07. The number of carbonyl (C=O) groups excluding carboxylic acids is 2. The Labute approximate surface area is 261 Å². The SMILES string of the molecule is COc1cccc([C@H]2O[C@H](CC(=O)c3cccc(CCC(=O)O)c3N)C(=O)N(CC(C)(C)CO)c3ccc(Cl)cc32)c1OC. The van der Waals surface area contributed by atoms with Gasteiger partial charge in [0.05, 0.1) is 14.2 Å². The number of Topliss-reactive ketones (excluding diaryl/α,β-unsaturated/α-hetero) is 1. The quantitative estimate of drug-likeness (QED) is 0.185. The molecule has 0 spiro atoms. The lowest BCUT2D eigenvalue weighted by atomic mass is 9.92. The summed E-state index contributed by atoms with van der Waals surface area (Å²) >= 11 is 6.48. The van der Waals surface area contributed by atoms with Gasteiger partial charge >= 0.3 is 5.97 Å². The summed E-state index contributed by atoms with van der Waals surface area (Å²) in [5, 5.41) is 19.6. The van der Waals surface area contributed by atoms with E-state index in [2.05, 4.69) is 0 Å². The highest BCUT2D eigenvalue weighted by Gasteiger charge is 2.41. The highest BCUT2D eigenvalue weighted by molar-refractivity contribution is 6.30. The van der Waals surface area contributed by atoms with Crippen LogP contribution in [0.4, 0.5) is 11.4 Å². The van der Waals surface area contributed by atoms with E-state index in [0.29, 0.717) is 38.9 Å². The van der Waals surface area contributed by atoms with Crippen molar-refractivity contribution in [1.29, 1.82) is 0 Å². The molecule has 4 rings (SSSR count). The van der Waals surface area contributed by atoms with Gasteiger partial charge in [0, 0.05) is 64.5 Å². The number of aryl methyl sites for hydroxylation is 1.